The molecule has 4 aromatic carbocycles. The summed E-state index contributed by atoms with van der Waals surface area (Å²) in [4.78, 5) is 37.2. The smallest absolute Gasteiger partial charge is 0.326 e. The number of hydrogen-bond donors (Lipinski definition) is 3. The third-order valence-electron chi connectivity index (χ3n) is 7.07. The maximum Gasteiger partial charge on any atom is 0.326 e. The van der Waals surface area contributed by atoms with Gasteiger partial charge >= 0.3 is 5.97 Å². The largest absolute Gasteiger partial charge is 0.494 e. The van der Waals surface area contributed by atoms with Gasteiger partial charge in [0.05, 0.1) is 6.61 Å². The van der Waals surface area contributed by atoms with E-state index in [1.54, 1.807) is 48.5 Å². The molecule has 0 aliphatic heterocycles. The fraction of sp³-hybridized carbons (Fsp3) is 0.250. The summed E-state index contributed by atoms with van der Waals surface area (Å²) in [5.41, 5.74) is 3.55. The van der Waals surface area contributed by atoms with Crippen molar-refractivity contribution in [3.8, 4) is 5.75 Å². The molecule has 0 aliphatic carbocycles. The third-order valence-corrected chi connectivity index (χ3v) is 7.07. The molecule has 3 N–H and O–H groups in total. The minimum absolute atomic E-state index is 0.0612. The number of benzene rings is 4. The zero-order valence-corrected chi connectivity index (χ0v) is 24.2. The normalized spacial score (nSPS) is 11.3. The quantitative estimate of drug-likeness (QED) is 0.100. The van der Waals surface area contributed by atoms with E-state index in [0.29, 0.717) is 48.6 Å². The molecule has 43 heavy (non-hydrogen) atoms. The minimum atomic E-state index is -1.01. The van der Waals surface area contributed by atoms with Crippen LogP contribution >= 0.6 is 0 Å². The number of carboxylic acids is 1. The number of anilines is 1. The van der Waals surface area contributed by atoms with E-state index >= 15 is 0 Å². The number of unbranched alkanes of at least 4 members (excludes halogenated alkanes) is 1. The molecule has 0 radical (unpaired) electrons. The summed E-state index contributed by atoms with van der Waals surface area (Å²) >= 11 is 0. The van der Waals surface area contributed by atoms with Crippen LogP contribution in [0.3, 0.4) is 0 Å². The van der Waals surface area contributed by atoms with E-state index in [0.717, 1.165) is 24.8 Å². The second-order valence-corrected chi connectivity index (χ2v) is 10.4. The van der Waals surface area contributed by atoms with Gasteiger partial charge in [-0.2, -0.15) is 0 Å². The predicted molar refractivity (Wildman–Crippen MR) is 169 cm³/mol. The van der Waals surface area contributed by atoms with E-state index in [4.69, 9.17) is 4.74 Å². The number of carbonyl (C=O) groups is 3. The number of ketones is 1. The summed E-state index contributed by atoms with van der Waals surface area (Å²) in [5.74, 6) is -0.450. The van der Waals surface area contributed by atoms with Gasteiger partial charge in [-0.15, -0.1) is 0 Å². The number of carboxylic acid groups (broad SMARTS) is 1. The highest BCUT2D eigenvalue weighted by Crippen LogP contribution is 2.22. The Kier molecular flexibility index (Phi) is 11.9. The number of amides is 1. The molecule has 1 amide bonds. The van der Waals surface area contributed by atoms with Crippen LogP contribution in [0.15, 0.2) is 109 Å². The molecular formula is C36H38N2O5. The molecule has 0 fully saturated rings. The minimum Gasteiger partial charge on any atom is -0.494 e. The van der Waals surface area contributed by atoms with Crippen LogP contribution in [0.2, 0.25) is 0 Å². The maximum absolute atomic E-state index is 13.1. The first-order chi connectivity index (χ1) is 21.0. The maximum atomic E-state index is 13.1. The van der Waals surface area contributed by atoms with Gasteiger partial charge in [0.15, 0.2) is 5.78 Å². The summed E-state index contributed by atoms with van der Waals surface area (Å²) in [6.45, 7) is 1.01. The van der Waals surface area contributed by atoms with Crippen molar-refractivity contribution in [2.45, 2.75) is 44.6 Å². The predicted octanol–water partition coefficient (Wildman–Crippen LogP) is 6.32. The molecule has 4 rings (SSSR count). The van der Waals surface area contributed by atoms with Gasteiger partial charge < -0.3 is 20.5 Å². The fourth-order valence-electron chi connectivity index (χ4n) is 4.74. The molecule has 0 aliphatic rings. The van der Waals surface area contributed by atoms with Crippen LogP contribution in [0.4, 0.5) is 5.69 Å². The van der Waals surface area contributed by atoms with Gasteiger partial charge in [-0.1, -0.05) is 84.9 Å². The van der Waals surface area contributed by atoms with Gasteiger partial charge in [-0.05, 0) is 61.1 Å². The zero-order chi connectivity index (χ0) is 30.3. The van der Waals surface area contributed by atoms with Crippen LogP contribution in [0.5, 0.6) is 5.75 Å². The molecule has 0 saturated heterocycles. The van der Waals surface area contributed by atoms with E-state index in [1.165, 1.54) is 5.56 Å². The summed E-state index contributed by atoms with van der Waals surface area (Å²) in [7, 11) is 0. The van der Waals surface area contributed by atoms with Gasteiger partial charge in [0.2, 0.25) is 5.91 Å². The molecule has 0 heterocycles. The molecule has 0 bridgehead atoms. The highest BCUT2D eigenvalue weighted by atomic mass is 16.5. The molecule has 0 saturated carbocycles. The summed E-state index contributed by atoms with van der Waals surface area (Å²) < 4.78 is 5.80. The zero-order valence-electron chi connectivity index (χ0n) is 24.2. The molecule has 222 valence electrons. The highest BCUT2D eigenvalue weighted by molar-refractivity contribution is 6.12. The summed E-state index contributed by atoms with van der Waals surface area (Å²) in [5, 5.41) is 15.9. The Balaban J connectivity index is 1.18. The van der Waals surface area contributed by atoms with Crippen molar-refractivity contribution >= 4 is 23.3 Å². The first kappa shape index (κ1) is 31.0. The van der Waals surface area contributed by atoms with E-state index in [2.05, 4.69) is 22.8 Å². The Hall–Kier alpha value is -4.91. The van der Waals surface area contributed by atoms with Gasteiger partial charge in [0.25, 0.3) is 0 Å². The average Bonchev–Trinajstić information content (AvgIpc) is 3.04. The number of nitrogens with one attached hydrogen (secondary N) is 2. The molecule has 1 atom stereocenters. The Morgan fingerprint density at radius 3 is 2.12 bits per heavy atom. The number of ether oxygens (including phenoxy) is 1. The van der Waals surface area contributed by atoms with Gasteiger partial charge in [-0.3, -0.25) is 9.59 Å². The second kappa shape index (κ2) is 16.5. The molecule has 0 unspecified atom stereocenters. The lowest BCUT2D eigenvalue weighted by atomic mass is 10.00. The SMILES string of the molecule is O=C(CCCCc1ccccc1)NCCCOc1ccc(C[C@H](Nc2ccccc2C(=O)c2ccccc2)C(=O)O)cc1. The van der Waals surface area contributed by atoms with Crippen molar-refractivity contribution < 1.29 is 24.2 Å². The van der Waals surface area contributed by atoms with Crippen molar-refractivity contribution in [3.63, 3.8) is 0 Å². The molecule has 0 spiro atoms. The number of aryl methyl sites for hydroxylation is 1. The molecule has 7 nitrogen and oxygen atoms in total. The first-order valence-corrected chi connectivity index (χ1v) is 14.7. The number of aliphatic carboxylic acids is 1. The van der Waals surface area contributed by atoms with E-state index in [9.17, 15) is 19.5 Å². The lowest BCUT2D eigenvalue weighted by Crippen LogP contribution is -2.32. The van der Waals surface area contributed by atoms with E-state index in [1.807, 2.05) is 48.5 Å². The molecule has 4 aromatic rings. The van der Waals surface area contributed by atoms with E-state index in [-0.39, 0.29) is 18.1 Å². The Bertz CT molecular complexity index is 1460. The average molecular weight is 579 g/mol. The Morgan fingerprint density at radius 2 is 1.40 bits per heavy atom. The molecular weight excluding hydrogens is 540 g/mol. The number of hydrogen-bond acceptors (Lipinski definition) is 5. The van der Waals surface area contributed by atoms with Gasteiger partial charge in [0, 0.05) is 36.2 Å². The van der Waals surface area contributed by atoms with Crippen LogP contribution in [0.25, 0.3) is 0 Å². The Morgan fingerprint density at radius 1 is 0.721 bits per heavy atom. The second-order valence-electron chi connectivity index (χ2n) is 10.4. The van der Waals surface area contributed by atoms with Crippen molar-refractivity contribution in [1.29, 1.82) is 0 Å². The van der Waals surface area contributed by atoms with Crippen LogP contribution in [0, 0.1) is 0 Å². The molecule has 0 aromatic heterocycles. The van der Waals surface area contributed by atoms with Crippen molar-refractivity contribution in [1.82, 2.24) is 5.32 Å². The number of carbonyl (C=O) groups excluding carboxylic acids is 2. The Labute approximate surface area is 252 Å². The van der Waals surface area contributed by atoms with Crippen LogP contribution in [-0.4, -0.2) is 42.0 Å². The third kappa shape index (κ3) is 10.1. The fourth-order valence-corrected chi connectivity index (χ4v) is 4.74. The van der Waals surface area contributed by atoms with Gasteiger partial charge in [0.1, 0.15) is 11.8 Å². The topological polar surface area (TPSA) is 105 Å². The van der Waals surface area contributed by atoms with Crippen LogP contribution in [0.1, 0.15) is 52.7 Å². The van der Waals surface area contributed by atoms with Crippen molar-refractivity contribution in [3.05, 3.63) is 131 Å². The first-order valence-electron chi connectivity index (χ1n) is 14.7. The number of para-hydroxylation sites is 1. The lowest BCUT2D eigenvalue weighted by molar-refractivity contribution is -0.137. The molecule has 7 heteroatoms. The van der Waals surface area contributed by atoms with Crippen LogP contribution in [-0.2, 0) is 22.4 Å². The van der Waals surface area contributed by atoms with Crippen molar-refractivity contribution in [2.75, 3.05) is 18.5 Å². The highest BCUT2D eigenvalue weighted by Gasteiger charge is 2.21. The lowest BCUT2D eigenvalue weighted by Gasteiger charge is -2.18. The van der Waals surface area contributed by atoms with Crippen molar-refractivity contribution in [2.24, 2.45) is 0 Å². The van der Waals surface area contributed by atoms with E-state index < -0.39 is 12.0 Å². The summed E-state index contributed by atoms with van der Waals surface area (Å²) in [6.07, 6.45) is 4.26. The van der Waals surface area contributed by atoms with Gasteiger partial charge in [-0.25, -0.2) is 4.79 Å². The van der Waals surface area contributed by atoms with Crippen LogP contribution < -0.4 is 15.4 Å². The summed E-state index contributed by atoms with van der Waals surface area (Å²) in [6, 6.07) is 32.5. The standard InChI is InChI=1S/C36H38N2O5/c39-34(19-10-7-14-27-12-3-1-4-13-27)37-24-11-25-43-30-22-20-28(21-23-30)26-33(36(41)42)38-32-18-9-8-17-31(32)35(40)29-15-5-2-6-16-29/h1-6,8-9,12-13,15-18,20-23,33,38H,7,10-11,14,19,24-26H2,(H,37,39)(H,41,42)/t33-/m0/s1. The number of rotatable bonds is 17. The monoisotopic (exact) mass is 578 g/mol.